The summed E-state index contributed by atoms with van der Waals surface area (Å²) in [5, 5.41) is 0. The molecule has 0 heterocycles. The van der Waals surface area contributed by atoms with Gasteiger partial charge >= 0.3 is 0 Å². The van der Waals surface area contributed by atoms with Crippen LogP contribution in [0.1, 0.15) is 180 Å². The smallest absolute Gasteiger partial charge is 0.122 e. The van der Waals surface area contributed by atoms with Crippen molar-refractivity contribution < 1.29 is 4.74 Å². The third-order valence-corrected chi connectivity index (χ3v) is 7.78. The minimum Gasteiger partial charge on any atom is -0.493 e. The van der Waals surface area contributed by atoms with Crippen molar-refractivity contribution in [2.24, 2.45) is 0 Å². The fourth-order valence-electron chi connectivity index (χ4n) is 5.31. The topological polar surface area (TPSA) is 9.23 Å². The van der Waals surface area contributed by atoms with E-state index >= 15 is 0 Å². The summed E-state index contributed by atoms with van der Waals surface area (Å²) in [5.41, 5.74) is 1.41. The molecule has 36 heavy (non-hydrogen) atoms. The van der Waals surface area contributed by atoms with Crippen LogP contribution in [-0.2, 0) is 6.42 Å². The van der Waals surface area contributed by atoms with Gasteiger partial charge in [-0.3, -0.25) is 0 Å². The van der Waals surface area contributed by atoms with E-state index in [1.165, 1.54) is 173 Å². The van der Waals surface area contributed by atoms with Crippen molar-refractivity contribution in [3.8, 4) is 5.75 Å². The van der Waals surface area contributed by atoms with Crippen molar-refractivity contribution in [1.82, 2.24) is 0 Å². The molecule has 0 unspecified atom stereocenters. The van der Waals surface area contributed by atoms with Crippen molar-refractivity contribution in [2.75, 3.05) is 6.61 Å². The Balaban J connectivity index is 1.92. The van der Waals surface area contributed by atoms with Gasteiger partial charge < -0.3 is 4.74 Å². The molecular weight excluding hydrogens is 436 g/mol. The summed E-state index contributed by atoms with van der Waals surface area (Å²) in [6, 6.07) is 8.75. The Morgan fingerprint density at radius 2 is 0.778 bits per heavy atom. The second kappa shape index (κ2) is 27.1. The summed E-state index contributed by atoms with van der Waals surface area (Å²) in [5.74, 6) is 1.14. The second-order valence-corrected chi connectivity index (χ2v) is 11.3. The predicted molar refractivity (Wildman–Crippen MR) is 162 cm³/mol. The molecule has 1 aromatic rings. The van der Waals surface area contributed by atoms with Crippen molar-refractivity contribution in [3.05, 3.63) is 29.8 Å². The Hall–Kier alpha value is -0.980. The van der Waals surface area contributed by atoms with Crippen molar-refractivity contribution in [1.29, 1.82) is 0 Å². The van der Waals surface area contributed by atoms with Crippen LogP contribution in [0.5, 0.6) is 5.75 Å². The Bertz CT molecular complexity index is 551. The molecular formula is C35H64O. The first-order chi connectivity index (χ1) is 17.9. The van der Waals surface area contributed by atoms with Crippen LogP contribution in [0, 0.1) is 0 Å². The number of rotatable bonds is 28. The van der Waals surface area contributed by atoms with Crippen LogP contribution >= 0.6 is 0 Å². The molecule has 0 saturated carbocycles. The van der Waals surface area contributed by atoms with E-state index in [0.717, 1.165) is 12.4 Å². The number of unbranched alkanes of at least 4 members (excludes halogenated alkanes) is 23. The van der Waals surface area contributed by atoms with Gasteiger partial charge in [0.1, 0.15) is 5.75 Å². The summed E-state index contributed by atoms with van der Waals surface area (Å²) < 4.78 is 6.19. The van der Waals surface area contributed by atoms with E-state index in [1.54, 1.807) is 0 Å². The SMILES string of the molecule is CCCCCCCCCCCCCCCCCOc1ccccc1CCCCCCCCCCCC. The lowest BCUT2D eigenvalue weighted by atomic mass is 10.0. The molecule has 0 aliphatic carbocycles. The fourth-order valence-corrected chi connectivity index (χ4v) is 5.31. The molecule has 0 saturated heterocycles. The Morgan fingerprint density at radius 3 is 1.22 bits per heavy atom. The van der Waals surface area contributed by atoms with Gasteiger partial charge in [-0.25, -0.2) is 0 Å². The molecule has 0 aliphatic heterocycles. The maximum absolute atomic E-state index is 6.19. The number of hydrogen-bond acceptors (Lipinski definition) is 1. The Labute approximate surface area is 227 Å². The van der Waals surface area contributed by atoms with Crippen LogP contribution < -0.4 is 4.74 Å². The van der Waals surface area contributed by atoms with Crippen molar-refractivity contribution in [2.45, 2.75) is 181 Å². The first-order valence-electron chi connectivity index (χ1n) is 16.6. The molecule has 0 atom stereocenters. The van der Waals surface area contributed by atoms with E-state index in [9.17, 15) is 0 Å². The van der Waals surface area contributed by atoms with Gasteiger partial charge in [0, 0.05) is 0 Å². The highest BCUT2D eigenvalue weighted by molar-refractivity contribution is 5.33. The molecule has 1 nitrogen and oxygen atoms in total. The summed E-state index contributed by atoms with van der Waals surface area (Å²) in [4.78, 5) is 0. The first-order valence-corrected chi connectivity index (χ1v) is 16.6. The highest BCUT2D eigenvalue weighted by Crippen LogP contribution is 2.22. The van der Waals surface area contributed by atoms with Crippen molar-refractivity contribution >= 4 is 0 Å². The average molecular weight is 501 g/mol. The predicted octanol–water partition coefficient (Wildman–Crippen LogP) is 12.4. The molecule has 0 fully saturated rings. The zero-order valence-electron chi connectivity index (χ0n) is 24.8. The quantitative estimate of drug-likeness (QED) is 0.104. The minimum absolute atomic E-state index is 0.882. The van der Waals surface area contributed by atoms with E-state index < -0.39 is 0 Å². The highest BCUT2D eigenvalue weighted by Gasteiger charge is 2.03. The minimum atomic E-state index is 0.882. The van der Waals surface area contributed by atoms with Gasteiger partial charge in [-0.1, -0.05) is 180 Å². The third-order valence-electron chi connectivity index (χ3n) is 7.78. The van der Waals surface area contributed by atoms with Gasteiger partial charge in [0.05, 0.1) is 6.61 Å². The molecule has 0 aliphatic rings. The van der Waals surface area contributed by atoms with E-state index in [4.69, 9.17) is 4.74 Å². The maximum atomic E-state index is 6.19. The number of hydrogen-bond donors (Lipinski definition) is 0. The first kappa shape index (κ1) is 33.0. The van der Waals surface area contributed by atoms with E-state index in [1.807, 2.05) is 0 Å². The molecule has 0 amide bonds. The van der Waals surface area contributed by atoms with E-state index in [2.05, 4.69) is 38.1 Å². The number of ether oxygens (including phenoxy) is 1. The van der Waals surface area contributed by atoms with Crippen molar-refractivity contribution in [3.63, 3.8) is 0 Å². The molecule has 0 aromatic heterocycles. The van der Waals surface area contributed by atoms with Gasteiger partial charge in [0.25, 0.3) is 0 Å². The third kappa shape index (κ3) is 21.1. The zero-order valence-corrected chi connectivity index (χ0v) is 24.8. The lowest BCUT2D eigenvalue weighted by Gasteiger charge is -2.11. The zero-order chi connectivity index (χ0) is 25.8. The number of para-hydroxylation sites is 1. The molecule has 1 heteroatoms. The molecule has 1 rings (SSSR count). The van der Waals surface area contributed by atoms with Crippen LogP contribution in [0.25, 0.3) is 0 Å². The standard InChI is InChI=1S/C35H64O/c1-3-5-7-9-11-13-15-16-17-18-19-21-23-25-29-33-36-35-32-28-27-31-34(35)30-26-24-22-20-14-12-10-8-6-4-2/h27-28,31-32H,3-26,29-30,33H2,1-2H3. The Kier molecular flexibility index (Phi) is 24.8. The molecule has 0 radical (unpaired) electrons. The monoisotopic (exact) mass is 500 g/mol. The van der Waals surface area contributed by atoms with Crippen LogP contribution in [0.15, 0.2) is 24.3 Å². The summed E-state index contributed by atoms with van der Waals surface area (Å²) >= 11 is 0. The lowest BCUT2D eigenvalue weighted by Crippen LogP contribution is -2.00. The van der Waals surface area contributed by atoms with E-state index in [0.29, 0.717) is 0 Å². The second-order valence-electron chi connectivity index (χ2n) is 11.3. The molecule has 1 aromatic carbocycles. The summed E-state index contributed by atoms with van der Waals surface area (Å²) in [7, 11) is 0. The lowest BCUT2D eigenvalue weighted by molar-refractivity contribution is 0.301. The largest absolute Gasteiger partial charge is 0.493 e. The molecule has 0 spiro atoms. The van der Waals surface area contributed by atoms with Crippen LogP contribution in [0.3, 0.4) is 0 Å². The summed E-state index contributed by atoms with van der Waals surface area (Å²) in [6.07, 6.45) is 36.4. The fraction of sp³-hybridized carbons (Fsp3) is 0.829. The molecule has 0 bridgehead atoms. The van der Waals surface area contributed by atoms with Gasteiger partial charge in [-0.05, 0) is 30.9 Å². The van der Waals surface area contributed by atoms with Gasteiger partial charge in [0.2, 0.25) is 0 Å². The maximum Gasteiger partial charge on any atom is 0.122 e. The molecule has 210 valence electrons. The number of aryl methyl sites for hydroxylation is 1. The van der Waals surface area contributed by atoms with Gasteiger partial charge in [-0.2, -0.15) is 0 Å². The summed E-state index contributed by atoms with van der Waals surface area (Å²) in [6.45, 7) is 5.48. The Morgan fingerprint density at radius 1 is 0.417 bits per heavy atom. The average Bonchev–Trinajstić information content (AvgIpc) is 2.90. The normalized spacial score (nSPS) is 11.3. The van der Waals surface area contributed by atoms with E-state index in [-0.39, 0.29) is 0 Å². The van der Waals surface area contributed by atoms with Gasteiger partial charge in [-0.15, -0.1) is 0 Å². The van der Waals surface area contributed by atoms with Crippen LogP contribution in [-0.4, -0.2) is 6.61 Å². The highest BCUT2D eigenvalue weighted by atomic mass is 16.5. The van der Waals surface area contributed by atoms with Crippen LogP contribution in [0.4, 0.5) is 0 Å². The number of benzene rings is 1. The molecule has 0 N–H and O–H groups in total. The van der Waals surface area contributed by atoms with Crippen LogP contribution in [0.2, 0.25) is 0 Å². The van der Waals surface area contributed by atoms with Gasteiger partial charge in [0.15, 0.2) is 0 Å².